The molecule has 0 saturated carbocycles. The van der Waals surface area contributed by atoms with Gasteiger partial charge in [0, 0.05) is 42.2 Å². The zero-order valence-corrected chi connectivity index (χ0v) is 15.9. The van der Waals surface area contributed by atoms with E-state index in [0.717, 1.165) is 29.4 Å². The largest absolute Gasteiger partial charge is 0.459 e. The van der Waals surface area contributed by atoms with Crippen molar-refractivity contribution in [2.75, 3.05) is 13.2 Å². The minimum absolute atomic E-state index is 0.0975. The van der Waals surface area contributed by atoms with Crippen LogP contribution in [0.1, 0.15) is 28.8 Å². The lowest BCUT2D eigenvalue weighted by molar-refractivity contribution is -0.0339. The molecule has 0 aliphatic carbocycles. The number of hydrogen-bond donors (Lipinski definition) is 1. The highest BCUT2D eigenvalue weighted by molar-refractivity contribution is 6.05. The Morgan fingerprint density at radius 2 is 1.83 bits per heavy atom. The number of piperidine rings is 1. The predicted molar refractivity (Wildman–Crippen MR) is 108 cm³/mol. The number of hydrogen-bond acceptors (Lipinski definition) is 5. The molecule has 0 spiro atoms. The topological polar surface area (TPSA) is 76.3 Å². The van der Waals surface area contributed by atoms with E-state index in [1.807, 2.05) is 47.2 Å². The number of carbonyl (C=O) groups is 1. The summed E-state index contributed by atoms with van der Waals surface area (Å²) in [7, 11) is 0. The van der Waals surface area contributed by atoms with Crippen LogP contribution in [-0.4, -0.2) is 41.9 Å². The molecule has 146 valence electrons. The molecule has 6 nitrogen and oxygen atoms in total. The molecule has 2 fully saturated rings. The van der Waals surface area contributed by atoms with Crippen molar-refractivity contribution in [1.82, 2.24) is 9.88 Å². The molecule has 2 aliphatic rings. The lowest BCUT2D eigenvalue weighted by Gasteiger charge is -2.39. The standard InChI is InChI=1S/C23H21N3O3/c24-11-15-5-7-18(8-6-15)26-12-21(20-3-1-2-4-22(20)26)23(27)29-19-9-16-13-28-14-17(10-19)25-16/h1-8,12,16-17,19,25H,9-10,13-14H2/t16-,17+,19-. The normalized spacial score (nSPS) is 23.5. The van der Waals surface area contributed by atoms with Gasteiger partial charge in [-0.2, -0.15) is 5.26 Å². The Bertz CT molecular complexity index is 1080. The second-order valence-electron chi connectivity index (χ2n) is 7.69. The van der Waals surface area contributed by atoms with Crippen LogP contribution in [0.3, 0.4) is 0 Å². The molecule has 5 rings (SSSR count). The third-order valence-electron chi connectivity index (χ3n) is 5.68. The van der Waals surface area contributed by atoms with Gasteiger partial charge in [0.05, 0.1) is 35.9 Å². The summed E-state index contributed by atoms with van der Waals surface area (Å²) in [5.41, 5.74) is 2.99. The quantitative estimate of drug-likeness (QED) is 0.699. The first kappa shape index (κ1) is 17.9. The van der Waals surface area contributed by atoms with Crippen molar-refractivity contribution in [3.8, 4) is 11.8 Å². The van der Waals surface area contributed by atoms with E-state index >= 15 is 0 Å². The van der Waals surface area contributed by atoms with Gasteiger partial charge in [0.2, 0.25) is 0 Å². The first-order chi connectivity index (χ1) is 14.2. The number of benzene rings is 2. The summed E-state index contributed by atoms with van der Waals surface area (Å²) in [5, 5.41) is 13.4. The molecule has 1 N–H and O–H groups in total. The lowest BCUT2D eigenvalue weighted by atomic mass is 9.94. The molecule has 0 unspecified atom stereocenters. The number of ether oxygens (including phenoxy) is 2. The Morgan fingerprint density at radius 3 is 2.55 bits per heavy atom. The molecule has 2 aromatic carbocycles. The molecule has 3 aromatic rings. The van der Waals surface area contributed by atoms with Gasteiger partial charge in [-0.25, -0.2) is 4.79 Å². The maximum atomic E-state index is 13.1. The predicted octanol–water partition coefficient (Wildman–Crippen LogP) is 3.18. The molecule has 3 heterocycles. The van der Waals surface area contributed by atoms with E-state index in [1.165, 1.54) is 0 Å². The van der Waals surface area contributed by atoms with E-state index in [1.54, 1.807) is 12.1 Å². The number of nitriles is 1. The van der Waals surface area contributed by atoms with Gasteiger partial charge in [0.15, 0.2) is 0 Å². The summed E-state index contributed by atoms with van der Waals surface area (Å²) in [4.78, 5) is 13.1. The van der Waals surface area contributed by atoms with E-state index in [0.29, 0.717) is 24.3 Å². The van der Waals surface area contributed by atoms with Gasteiger partial charge in [-0.3, -0.25) is 0 Å². The van der Waals surface area contributed by atoms with Crippen LogP contribution in [0, 0.1) is 11.3 Å². The van der Waals surface area contributed by atoms with Crippen molar-refractivity contribution in [1.29, 1.82) is 5.26 Å². The number of fused-ring (bicyclic) bond motifs is 3. The highest BCUT2D eigenvalue weighted by atomic mass is 16.5. The second-order valence-corrected chi connectivity index (χ2v) is 7.69. The summed E-state index contributed by atoms with van der Waals surface area (Å²) >= 11 is 0. The number of nitrogens with one attached hydrogen (secondary N) is 1. The molecule has 0 amide bonds. The van der Waals surface area contributed by atoms with E-state index in [9.17, 15) is 4.79 Å². The molecule has 2 aliphatic heterocycles. The fourth-order valence-electron chi connectivity index (χ4n) is 4.35. The minimum atomic E-state index is -0.292. The average molecular weight is 387 g/mol. The maximum Gasteiger partial charge on any atom is 0.340 e. The van der Waals surface area contributed by atoms with Gasteiger partial charge >= 0.3 is 5.97 Å². The molecule has 1 aromatic heterocycles. The van der Waals surface area contributed by atoms with Crippen LogP contribution >= 0.6 is 0 Å². The van der Waals surface area contributed by atoms with Gasteiger partial charge < -0.3 is 19.4 Å². The van der Waals surface area contributed by atoms with Crippen LogP contribution < -0.4 is 5.32 Å². The molecule has 2 bridgehead atoms. The molecule has 2 saturated heterocycles. The number of morpholine rings is 1. The van der Waals surface area contributed by atoms with Gasteiger partial charge in [-0.05, 0) is 30.3 Å². The molecular formula is C23H21N3O3. The van der Waals surface area contributed by atoms with E-state index in [-0.39, 0.29) is 24.2 Å². The van der Waals surface area contributed by atoms with E-state index < -0.39 is 0 Å². The summed E-state index contributed by atoms with van der Waals surface area (Å²) < 4.78 is 13.5. The van der Waals surface area contributed by atoms with Crippen molar-refractivity contribution >= 4 is 16.9 Å². The zero-order chi connectivity index (χ0) is 19.8. The van der Waals surface area contributed by atoms with Crippen molar-refractivity contribution in [3.63, 3.8) is 0 Å². The van der Waals surface area contributed by atoms with Gasteiger partial charge in [0.25, 0.3) is 0 Å². The SMILES string of the molecule is N#Cc1ccc(-n2cc(C(=O)O[C@H]3C[C@H]4COC[C@@H](C3)N4)c3ccccc32)cc1. The number of esters is 1. The number of nitrogens with zero attached hydrogens (tertiary/aromatic N) is 2. The summed E-state index contributed by atoms with van der Waals surface area (Å²) in [5.74, 6) is -0.292. The number of para-hydroxylation sites is 1. The van der Waals surface area contributed by atoms with E-state index in [2.05, 4.69) is 11.4 Å². The molecule has 0 radical (unpaired) electrons. The van der Waals surface area contributed by atoms with Crippen molar-refractivity contribution in [2.45, 2.75) is 31.0 Å². The third-order valence-corrected chi connectivity index (χ3v) is 5.68. The highest BCUT2D eigenvalue weighted by Gasteiger charge is 2.34. The van der Waals surface area contributed by atoms with Crippen LogP contribution in [0.4, 0.5) is 0 Å². The van der Waals surface area contributed by atoms with Crippen molar-refractivity contribution in [3.05, 3.63) is 65.9 Å². The van der Waals surface area contributed by atoms with Crippen LogP contribution in [0.5, 0.6) is 0 Å². The Morgan fingerprint density at radius 1 is 1.10 bits per heavy atom. The van der Waals surface area contributed by atoms with Crippen LogP contribution in [0.25, 0.3) is 16.6 Å². The highest BCUT2D eigenvalue weighted by Crippen LogP contribution is 2.28. The summed E-state index contributed by atoms with van der Waals surface area (Å²) in [6, 6.07) is 17.7. The summed E-state index contributed by atoms with van der Waals surface area (Å²) in [6.07, 6.45) is 3.28. The lowest BCUT2D eigenvalue weighted by Crippen LogP contribution is -2.56. The summed E-state index contributed by atoms with van der Waals surface area (Å²) in [6.45, 7) is 1.34. The average Bonchev–Trinajstić information content (AvgIpc) is 3.13. The number of rotatable bonds is 3. The molecule has 29 heavy (non-hydrogen) atoms. The van der Waals surface area contributed by atoms with Crippen molar-refractivity contribution < 1.29 is 14.3 Å². The Kier molecular flexibility index (Phi) is 4.55. The van der Waals surface area contributed by atoms with Gasteiger partial charge in [-0.1, -0.05) is 18.2 Å². The number of aromatic nitrogens is 1. The van der Waals surface area contributed by atoms with E-state index in [4.69, 9.17) is 14.7 Å². The number of carbonyl (C=O) groups excluding carboxylic acids is 1. The third kappa shape index (κ3) is 3.39. The Balaban J connectivity index is 1.45. The monoisotopic (exact) mass is 387 g/mol. The second kappa shape index (κ2) is 7.36. The first-order valence-corrected chi connectivity index (χ1v) is 9.86. The zero-order valence-electron chi connectivity index (χ0n) is 15.9. The van der Waals surface area contributed by atoms with Crippen molar-refractivity contribution in [2.24, 2.45) is 0 Å². The minimum Gasteiger partial charge on any atom is -0.459 e. The van der Waals surface area contributed by atoms with Crippen LogP contribution in [-0.2, 0) is 9.47 Å². The molecule has 3 atom stereocenters. The van der Waals surface area contributed by atoms with Crippen LogP contribution in [0.2, 0.25) is 0 Å². The van der Waals surface area contributed by atoms with Gasteiger partial charge in [0.1, 0.15) is 6.10 Å². The smallest absolute Gasteiger partial charge is 0.340 e. The first-order valence-electron chi connectivity index (χ1n) is 9.86. The maximum absolute atomic E-state index is 13.1. The fraction of sp³-hybridized carbons (Fsp3) is 0.304. The van der Waals surface area contributed by atoms with Crippen LogP contribution in [0.15, 0.2) is 54.7 Å². The molecule has 6 heteroatoms. The fourth-order valence-corrected chi connectivity index (χ4v) is 4.35. The van der Waals surface area contributed by atoms with Gasteiger partial charge in [-0.15, -0.1) is 0 Å². The Labute approximate surface area is 168 Å². The Hall–Kier alpha value is -3.14. The molecular weight excluding hydrogens is 366 g/mol.